The Morgan fingerprint density at radius 3 is 2.53 bits per heavy atom. The molecule has 0 radical (unpaired) electrons. The van der Waals surface area contributed by atoms with Crippen molar-refractivity contribution >= 4 is 16.9 Å². The molecule has 0 bridgehead atoms. The number of fused-ring (bicyclic) bond motifs is 1. The Morgan fingerprint density at radius 2 is 1.87 bits per heavy atom. The number of ether oxygens (including phenoxy) is 2. The number of hydrogen-bond donors (Lipinski definition) is 2. The molecule has 3 heterocycles. The number of amides is 1. The SMILES string of the molecule is COc1ccc2c(Oc3ccc(C4(C(=O)NO)CCN(C)CC4)cc3)ccnc2n1. The molecule has 2 aromatic heterocycles. The van der Waals surface area contributed by atoms with E-state index in [1.807, 2.05) is 42.9 Å². The molecule has 0 saturated carbocycles. The quantitative estimate of drug-likeness (QED) is 0.495. The topological polar surface area (TPSA) is 96.8 Å². The first kappa shape index (κ1) is 20.1. The first-order chi connectivity index (χ1) is 14.6. The van der Waals surface area contributed by atoms with E-state index >= 15 is 0 Å². The number of piperidine rings is 1. The Hall–Kier alpha value is -3.23. The number of likely N-dealkylation sites (tertiary alicyclic amines) is 1. The van der Waals surface area contributed by atoms with Crippen LogP contribution < -0.4 is 15.0 Å². The molecule has 1 saturated heterocycles. The van der Waals surface area contributed by atoms with Gasteiger partial charge in [0.15, 0.2) is 5.65 Å². The summed E-state index contributed by atoms with van der Waals surface area (Å²) in [6.07, 6.45) is 2.91. The zero-order valence-corrected chi connectivity index (χ0v) is 17.0. The lowest BCUT2D eigenvalue weighted by Crippen LogP contribution is -2.50. The minimum atomic E-state index is -0.746. The van der Waals surface area contributed by atoms with Gasteiger partial charge in [-0.25, -0.2) is 10.5 Å². The minimum absolute atomic E-state index is 0.371. The summed E-state index contributed by atoms with van der Waals surface area (Å²) in [7, 11) is 3.59. The van der Waals surface area contributed by atoms with Crippen LogP contribution in [0.1, 0.15) is 18.4 Å². The summed E-state index contributed by atoms with van der Waals surface area (Å²) in [5.74, 6) is 1.38. The van der Waals surface area contributed by atoms with Crippen molar-refractivity contribution in [2.24, 2.45) is 0 Å². The van der Waals surface area contributed by atoms with Gasteiger partial charge in [0, 0.05) is 12.3 Å². The molecule has 1 aromatic carbocycles. The highest BCUT2D eigenvalue weighted by Crippen LogP contribution is 2.37. The second-order valence-electron chi connectivity index (χ2n) is 7.49. The van der Waals surface area contributed by atoms with Crippen LogP contribution in [0.2, 0.25) is 0 Å². The van der Waals surface area contributed by atoms with Crippen LogP contribution in [0.5, 0.6) is 17.4 Å². The number of nitrogens with zero attached hydrogens (tertiary/aromatic N) is 3. The van der Waals surface area contributed by atoms with E-state index in [1.54, 1.807) is 25.4 Å². The molecule has 0 atom stereocenters. The van der Waals surface area contributed by atoms with Gasteiger partial charge >= 0.3 is 0 Å². The highest BCUT2D eigenvalue weighted by molar-refractivity contribution is 5.87. The largest absolute Gasteiger partial charge is 0.481 e. The van der Waals surface area contributed by atoms with Crippen LogP contribution in [-0.2, 0) is 10.2 Å². The Kier molecular flexibility index (Phi) is 5.52. The number of aromatic nitrogens is 2. The molecule has 8 nitrogen and oxygen atoms in total. The third-order valence-corrected chi connectivity index (χ3v) is 5.76. The van der Waals surface area contributed by atoms with Crippen LogP contribution >= 0.6 is 0 Å². The summed E-state index contributed by atoms with van der Waals surface area (Å²) >= 11 is 0. The fraction of sp³-hybridized carbons (Fsp3) is 0.318. The monoisotopic (exact) mass is 408 g/mol. The van der Waals surface area contributed by atoms with Gasteiger partial charge in [-0.05, 0) is 62.8 Å². The smallest absolute Gasteiger partial charge is 0.254 e. The predicted molar refractivity (Wildman–Crippen MR) is 111 cm³/mol. The number of rotatable bonds is 5. The van der Waals surface area contributed by atoms with E-state index in [-0.39, 0.29) is 5.91 Å². The first-order valence-electron chi connectivity index (χ1n) is 9.77. The Balaban J connectivity index is 1.61. The van der Waals surface area contributed by atoms with Gasteiger partial charge in [-0.3, -0.25) is 10.0 Å². The van der Waals surface area contributed by atoms with E-state index < -0.39 is 5.41 Å². The molecule has 0 unspecified atom stereocenters. The van der Waals surface area contributed by atoms with E-state index in [0.29, 0.717) is 35.9 Å². The lowest BCUT2D eigenvalue weighted by molar-refractivity contribution is -0.137. The summed E-state index contributed by atoms with van der Waals surface area (Å²) in [5.41, 5.74) is 2.51. The van der Waals surface area contributed by atoms with Crippen molar-refractivity contribution < 1.29 is 19.5 Å². The predicted octanol–water partition coefficient (Wildman–Crippen LogP) is 2.90. The van der Waals surface area contributed by atoms with E-state index in [2.05, 4.69) is 14.9 Å². The van der Waals surface area contributed by atoms with Gasteiger partial charge in [0.25, 0.3) is 5.91 Å². The lowest BCUT2D eigenvalue weighted by atomic mass is 9.72. The van der Waals surface area contributed by atoms with Crippen LogP contribution in [0.4, 0.5) is 0 Å². The summed E-state index contributed by atoms with van der Waals surface area (Å²) in [6.45, 7) is 1.57. The van der Waals surface area contributed by atoms with Gasteiger partial charge in [-0.1, -0.05) is 12.1 Å². The van der Waals surface area contributed by atoms with Gasteiger partial charge in [0.2, 0.25) is 5.88 Å². The van der Waals surface area contributed by atoms with Crippen molar-refractivity contribution in [3.8, 4) is 17.4 Å². The van der Waals surface area contributed by atoms with E-state index in [0.717, 1.165) is 24.0 Å². The summed E-state index contributed by atoms with van der Waals surface area (Å²) in [6, 6.07) is 12.9. The number of carbonyl (C=O) groups excluding carboxylic acids is 1. The van der Waals surface area contributed by atoms with Gasteiger partial charge in [-0.2, -0.15) is 4.98 Å². The molecule has 1 fully saturated rings. The Bertz CT molecular complexity index is 1050. The molecule has 1 aliphatic rings. The molecule has 2 N–H and O–H groups in total. The van der Waals surface area contributed by atoms with Crippen molar-refractivity contribution in [2.75, 3.05) is 27.2 Å². The van der Waals surface area contributed by atoms with Crippen LogP contribution in [0.3, 0.4) is 0 Å². The van der Waals surface area contributed by atoms with Crippen LogP contribution in [0.15, 0.2) is 48.7 Å². The molecule has 0 spiro atoms. The lowest BCUT2D eigenvalue weighted by Gasteiger charge is -2.39. The van der Waals surface area contributed by atoms with E-state index in [1.165, 1.54) is 0 Å². The highest BCUT2D eigenvalue weighted by atomic mass is 16.5. The molecular formula is C22H24N4O4. The van der Waals surface area contributed by atoms with Crippen LogP contribution in [0.25, 0.3) is 11.0 Å². The van der Waals surface area contributed by atoms with Crippen LogP contribution in [0, 0.1) is 0 Å². The van der Waals surface area contributed by atoms with Crippen molar-refractivity contribution in [3.05, 3.63) is 54.2 Å². The number of nitrogens with one attached hydrogen (secondary N) is 1. The van der Waals surface area contributed by atoms with E-state index in [9.17, 15) is 10.0 Å². The van der Waals surface area contributed by atoms with Crippen molar-refractivity contribution in [3.63, 3.8) is 0 Å². The molecule has 30 heavy (non-hydrogen) atoms. The molecule has 1 amide bonds. The van der Waals surface area contributed by atoms with Gasteiger partial charge in [0.1, 0.15) is 11.5 Å². The number of hydrogen-bond acceptors (Lipinski definition) is 7. The van der Waals surface area contributed by atoms with Crippen LogP contribution in [-0.4, -0.2) is 53.2 Å². The number of carbonyl (C=O) groups is 1. The minimum Gasteiger partial charge on any atom is -0.481 e. The second kappa shape index (κ2) is 8.25. The van der Waals surface area contributed by atoms with Gasteiger partial charge in [-0.15, -0.1) is 0 Å². The first-order valence-corrected chi connectivity index (χ1v) is 9.77. The standard InChI is InChI=1S/C22H24N4O4/c1-26-13-10-22(11-14-26,21(27)25-28)15-3-5-16(6-4-15)30-18-9-12-23-20-17(18)7-8-19(24-20)29-2/h3-9,12,28H,10-11,13-14H2,1-2H3,(H,25,27). The third kappa shape index (κ3) is 3.67. The normalized spacial score (nSPS) is 16.2. The van der Waals surface area contributed by atoms with E-state index in [4.69, 9.17) is 9.47 Å². The number of hydroxylamine groups is 1. The maximum Gasteiger partial charge on any atom is 0.254 e. The van der Waals surface area contributed by atoms with Gasteiger partial charge < -0.3 is 14.4 Å². The van der Waals surface area contributed by atoms with Crippen molar-refractivity contribution in [1.82, 2.24) is 20.3 Å². The summed E-state index contributed by atoms with van der Waals surface area (Å²) in [4.78, 5) is 23.3. The fourth-order valence-electron chi connectivity index (χ4n) is 3.91. The highest BCUT2D eigenvalue weighted by Gasteiger charge is 2.42. The molecule has 1 aliphatic heterocycles. The maximum absolute atomic E-state index is 12.5. The molecule has 156 valence electrons. The molecule has 4 rings (SSSR count). The average Bonchev–Trinajstić information content (AvgIpc) is 2.79. The summed E-state index contributed by atoms with van der Waals surface area (Å²) < 4.78 is 11.2. The maximum atomic E-state index is 12.5. The average molecular weight is 408 g/mol. The van der Waals surface area contributed by atoms with Crippen molar-refractivity contribution in [1.29, 1.82) is 0 Å². The molecular weight excluding hydrogens is 384 g/mol. The second-order valence-corrected chi connectivity index (χ2v) is 7.49. The Labute approximate surface area is 174 Å². The Morgan fingerprint density at radius 1 is 1.13 bits per heavy atom. The molecule has 3 aromatic rings. The van der Waals surface area contributed by atoms with Crippen molar-refractivity contribution in [2.45, 2.75) is 18.3 Å². The fourth-order valence-corrected chi connectivity index (χ4v) is 3.91. The number of benzene rings is 1. The third-order valence-electron chi connectivity index (χ3n) is 5.76. The molecule has 0 aliphatic carbocycles. The molecule has 8 heteroatoms. The number of methoxy groups -OCH3 is 1. The number of pyridine rings is 2. The summed E-state index contributed by atoms with van der Waals surface area (Å²) in [5, 5.41) is 10.1. The van der Waals surface area contributed by atoms with Gasteiger partial charge in [0.05, 0.1) is 17.9 Å². The zero-order valence-electron chi connectivity index (χ0n) is 17.0. The zero-order chi connectivity index (χ0) is 21.1.